The minimum absolute atomic E-state index is 0.00826. The standard InChI is InChI=1S/C17H21N3O8S/c21-16(18-12-3-8-29(25,26)11-12)10-28-17(22)14-9-13(20(23)24)1-2-15(14)19-4-6-27-7-5-19/h1-2,9,12H,3-8,10-11H2,(H,18,21)/t12-/m0/s1. The Labute approximate surface area is 167 Å². The average Bonchev–Trinajstić information content (AvgIpc) is 3.04. The molecule has 1 aromatic carbocycles. The summed E-state index contributed by atoms with van der Waals surface area (Å²) in [4.78, 5) is 36.9. The summed E-state index contributed by atoms with van der Waals surface area (Å²) in [5, 5.41) is 13.6. The van der Waals surface area contributed by atoms with E-state index in [1.54, 1.807) is 0 Å². The highest BCUT2D eigenvalue weighted by Crippen LogP contribution is 2.27. The molecule has 158 valence electrons. The number of nitro groups is 1. The second-order valence-corrected chi connectivity index (χ2v) is 9.03. The van der Waals surface area contributed by atoms with Crippen molar-refractivity contribution in [3.63, 3.8) is 0 Å². The third-order valence-corrected chi connectivity index (χ3v) is 6.46. The number of non-ortho nitro benzene ring substituents is 1. The van der Waals surface area contributed by atoms with Gasteiger partial charge in [-0.15, -0.1) is 0 Å². The molecule has 0 bridgehead atoms. The summed E-state index contributed by atoms with van der Waals surface area (Å²) in [6, 6.07) is 3.39. The molecule has 1 aromatic rings. The molecule has 12 heteroatoms. The molecule has 0 aromatic heterocycles. The van der Waals surface area contributed by atoms with Gasteiger partial charge in [0.25, 0.3) is 11.6 Å². The normalized spacial score (nSPS) is 20.8. The molecular weight excluding hydrogens is 406 g/mol. The maximum absolute atomic E-state index is 12.5. The number of amides is 1. The van der Waals surface area contributed by atoms with E-state index in [-0.39, 0.29) is 22.8 Å². The summed E-state index contributed by atoms with van der Waals surface area (Å²) < 4.78 is 33.2. The summed E-state index contributed by atoms with van der Waals surface area (Å²) in [6.45, 7) is 1.32. The van der Waals surface area contributed by atoms with Gasteiger partial charge in [-0.1, -0.05) is 0 Å². The smallest absolute Gasteiger partial charge is 0.341 e. The maximum atomic E-state index is 12.5. The predicted octanol–water partition coefficient (Wildman–Crippen LogP) is -0.108. The lowest BCUT2D eigenvalue weighted by atomic mass is 10.1. The molecular formula is C17H21N3O8S. The van der Waals surface area contributed by atoms with Crippen molar-refractivity contribution in [2.24, 2.45) is 0 Å². The number of nitrogens with zero attached hydrogens (tertiary/aromatic N) is 2. The third kappa shape index (κ3) is 5.41. The highest BCUT2D eigenvalue weighted by molar-refractivity contribution is 7.91. The van der Waals surface area contributed by atoms with Crippen LogP contribution in [0.15, 0.2) is 18.2 Å². The zero-order valence-electron chi connectivity index (χ0n) is 15.5. The summed E-state index contributed by atoms with van der Waals surface area (Å²) in [5.41, 5.74) is 0.179. The van der Waals surface area contributed by atoms with Gasteiger partial charge in [-0.25, -0.2) is 13.2 Å². The third-order valence-electron chi connectivity index (χ3n) is 4.69. The van der Waals surface area contributed by atoms with Crippen LogP contribution in [-0.2, 0) is 24.1 Å². The topological polar surface area (TPSA) is 145 Å². The molecule has 1 N–H and O–H groups in total. The van der Waals surface area contributed by atoms with Crippen LogP contribution in [0, 0.1) is 10.1 Å². The van der Waals surface area contributed by atoms with E-state index >= 15 is 0 Å². The van der Waals surface area contributed by atoms with Gasteiger partial charge < -0.3 is 19.7 Å². The minimum atomic E-state index is -3.15. The minimum Gasteiger partial charge on any atom is -0.452 e. The van der Waals surface area contributed by atoms with E-state index in [4.69, 9.17) is 9.47 Å². The van der Waals surface area contributed by atoms with Crippen molar-refractivity contribution in [1.82, 2.24) is 5.32 Å². The van der Waals surface area contributed by atoms with Crippen LogP contribution >= 0.6 is 0 Å². The van der Waals surface area contributed by atoms with Crippen LogP contribution in [0.25, 0.3) is 0 Å². The van der Waals surface area contributed by atoms with E-state index in [1.807, 2.05) is 4.90 Å². The number of nitrogens with one attached hydrogen (secondary N) is 1. The zero-order valence-corrected chi connectivity index (χ0v) is 16.4. The van der Waals surface area contributed by atoms with Gasteiger partial charge in [0.15, 0.2) is 16.4 Å². The number of esters is 1. The first-order valence-corrected chi connectivity index (χ1v) is 10.9. The van der Waals surface area contributed by atoms with Gasteiger partial charge >= 0.3 is 5.97 Å². The molecule has 2 saturated heterocycles. The summed E-state index contributed by atoms with van der Waals surface area (Å²) >= 11 is 0. The van der Waals surface area contributed by atoms with Gasteiger partial charge in [0.2, 0.25) is 0 Å². The SMILES string of the molecule is O=C(COC(=O)c1cc([N+](=O)[O-])ccc1N1CCOCC1)N[C@H]1CCS(=O)(=O)C1. The van der Waals surface area contributed by atoms with E-state index in [0.717, 1.165) is 6.07 Å². The molecule has 3 rings (SSSR count). The van der Waals surface area contributed by atoms with Gasteiger partial charge in [-0.05, 0) is 12.5 Å². The summed E-state index contributed by atoms with van der Waals surface area (Å²) in [5.74, 6) is -1.63. The van der Waals surface area contributed by atoms with Crippen LogP contribution in [0.3, 0.4) is 0 Å². The fourth-order valence-corrected chi connectivity index (χ4v) is 4.94. The monoisotopic (exact) mass is 427 g/mol. The lowest BCUT2D eigenvalue weighted by Gasteiger charge is -2.30. The van der Waals surface area contributed by atoms with Crippen LogP contribution in [0.1, 0.15) is 16.8 Å². The number of benzene rings is 1. The molecule has 1 amide bonds. The Balaban J connectivity index is 1.67. The van der Waals surface area contributed by atoms with Crippen LogP contribution in [0.4, 0.5) is 11.4 Å². The van der Waals surface area contributed by atoms with Gasteiger partial charge in [-0.2, -0.15) is 0 Å². The number of hydrogen-bond donors (Lipinski definition) is 1. The Hall–Kier alpha value is -2.73. The molecule has 0 spiro atoms. The highest BCUT2D eigenvalue weighted by Gasteiger charge is 2.29. The molecule has 2 aliphatic rings. The molecule has 0 radical (unpaired) electrons. The van der Waals surface area contributed by atoms with Gasteiger partial charge in [0.05, 0.1) is 40.9 Å². The fraction of sp³-hybridized carbons (Fsp3) is 0.529. The van der Waals surface area contributed by atoms with Crippen molar-refractivity contribution in [3.05, 3.63) is 33.9 Å². The van der Waals surface area contributed by atoms with Crippen molar-refractivity contribution in [3.8, 4) is 0 Å². The Kier molecular flexibility index (Phi) is 6.33. The van der Waals surface area contributed by atoms with E-state index in [2.05, 4.69) is 5.32 Å². The number of morpholine rings is 1. The van der Waals surface area contributed by atoms with E-state index in [1.165, 1.54) is 12.1 Å². The van der Waals surface area contributed by atoms with Crippen molar-refractivity contribution >= 4 is 33.1 Å². The number of anilines is 1. The van der Waals surface area contributed by atoms with Crippen LogP contribution in [0.2, 0.25) is 0 Å². The van der Waals surface area contributed by atoms with Crippen LogP contribution < -0.4 is 10.2 Å². The van der Waals surface area contributed by atoms with Crippen molar-refractivity contribution in [2.45, 2.75) is 12.5 Å². The molecule has 2 aliphatic heterocycles. The van der Waals surface area contributed by atoms with Crippen molar-refractivity contribution in [1.29, 1.82) is 0 Å². The van der Waals surface area contributed by atoms with E-state index < -0.39 is 39.3 Å². The van der Waals surface area contributed by atoms with Crippen molar-refractivity contribution < 1.29 is 32.4 Å². The van der Waals surface area contributed by atoms with Crippen molar-refractivity contribution in [2.75, 3.05) is 49.3 Å². The summed E-state index contributed by atoms with van der Waals surface area (Å²) in [6.07, 6.45) is 0.314. The first-order valence-electron chi connectivity index (χ1n) is 9.03. The Bertz CT molecular complexity index is 911. The molecule has 1 atom stereocenters. The Morgan fingerprint density at radius 2 is 2.03 bits per heavy atom. The van der Waals surface area contributed by atoms with Gasteiger partial charge in [0.1, 0.15) is 0 Å². The molecule has 2 fully saturated rings. The van der Waals surface area contributed by atoms with Crippen LogP contribution in [0.5, 0.6) is 0 Å². The first-order chi connectivity index (χ1) is 13.7. The number of nitro benzene ring substituents is 1. The molecule has 0 unspecified atom stereocenters. The number of ether oxygens (including phenoxy) is 2. The number of carbonyl (C=O) groups excluding carboxylic acids is 2. The highest BCUT2D eigenvalue weighted by atomic mass is 32.2. The lowest BCUT2D eigenvalue weighted by Crippen LogP contribution is -2.39. The quantitative estimate of drug-likeness (QED) is 0.373. The number of rotatable bonds is 6. The molecule has 29 heavy (non-hydrogen) atoms. The zero-order chi connectivity index (χ0) is 21.0. The largest absolute Gasteiger partial charge is 0.452 e. The predicted molar refractivity (Wildman–Crippen MR) is 102 cm³/mol. The molecule has 0 saturated carbocycles. The lowest BCUT2D eigenvalue weighted by molar-refractivity contribution is -0.384. The molecule has 11 nitrogen and oxygen atoms in total. The molecule has 2 heterocycles. The Morgan fingerprint density at radius 1 is 1.31 bits per heavy atom. The second kappa shape index (κ2) is 8.74. The van der Waals surface area contributed by atoms with Gasteiger partial charge in [-0.3, -0.25) is 14.9 Å². The number of sulfone groups is 1. The van der Waals surface area contributed by atoms with Gasteiger partial charge in [0, 0.05) is 31.3 Å². The van der Waals surface area contributed by atoms with E-state index in [9.17, 15) is 28.1 Å². The number of hydrogen-bond acceptors (Lipinski definition) is 9. The number of carbonyl (C=O) groups is 2. The fourth-order valence-electron chi connectivity index (χ4n) is 3.27. The first kappa shape index (κ1) is 21.0. The van der Waals surface area contributed by atoms with Crippen LogP contribution in [-0.4, -0.2) is 75.7 Å². The second-order valence-electron chi connectivity index (χ2n) is 6.80. The van der Waals surface area contributed by atoms with E-state index in [0.29, 0.717) is 38.4 Å². The summed E-state index contributed by atoms with van der Waals surface area (Å²) in [7, 11) is -3.15. The maximum Gasteiger partial charge on any atom is 0.341 e. The average molecular weight is 427 g/mol. The molecule has 0 aliphatic carbocycles. The Morgan fingerprint density at radius 3 is 2.66 bits per heavy atom.